The summed E-state index contributed by atoms with van der Waals surface area (Å²) in [5.74, 6) is -1.24. The number of carbonyl (C=O) groups excluding carboxylic acids is 2. The van der Waals surface area contributed by atoms with Gasteiger partial charge in [0.1, 0.15) is 0 Å². The van der Waals surface area contributed by atoms with Crippen LogP contribution in [0.25, 0.3) is 0 Å². The lowest BCUT2D eigenvalue weighted by Crippen LogP contribution is -2.30. The second-order valence-corrected chi connectivity index (χ2v) is 8.93. The average Bonchev–Trinajstić information content (AvgIpc) is 2.58. The fraction of sp³-hybridized carbons (Fsp3) is 0.222. The molecule has 0 atom stereocenters. The summed E-state index contributed by atoms with van der Waals surface area (Å²) in [6.07, 6.45) is 0. The van der Waals surface area contributed by atoms with Gasteiger partial charge in [-0.15, -0.1) is 0 Å². The molecule has 0 aliphatic heterocycles. The monoisotopic (exact) mass is 473 g/mol. The molecule has 27 heavy (non-hydrogen) atoms. The first-order chi connectivity index (χ1) is 12.6. The number of sulfonamides is 1. The lowest BCUT2D eigenvalue weighted by Gasteiger charge is -2.11. The summed E-state index contributed by atoms with van der Waals surface area (Å²) in [5, 5.41) is 0.394. The minimum atomic E-state index is -3.77. The van der Waals surface area contributed by atoms with E-state index in [9.17, 15) is 18.0 Å². The summed E-state index contributed by atoms with van der Waals surface area (Å²) in [6.45, 7) is 2.88. The first kappa shape index (κ1) is 21.6. The third-order valence-electron chi connectivity index (χ3n) is 3.34. The van der Waals surface area contributed by atoms with Gasteiger partial charge in [0.2, 0.25) is 10.0 Å². The van der Waals surface area contributed by atoms with Gasteiger partial charge in [0.25, 0.3) is 0 Å². The minimum Gasteiger partial charge on any atom is -0.454 e. The van der Waals surface area contributed by atoms with Crippen LogP contribution in [-0.2, 0) is 14.8 Å². The zero-order valence-corrected chi connectivity index (χ0v) is 17.7. The van der Waals surface area contributed by atoms with Crippen molar-refractivity contribution in [2.24, 2.45) is 0 Å². The molecule has 2 rings (SSSR count). The van der Waals surface area contributed by atoms with Crippen molar-refractivity contribution in [1.82, 2.24) is 4.72 Å². The van der Waals surface area contributed by atoms with Crippen LogP contribution in [-0.4, -0.2) is 32.8 Å². The maximum atomic E-state index is 12.3. The van der Waals surface area contributed by atoms with E-state index in [1.165, 1.54) is 24.3 Å². The third kappa shape index (κ3) is 5.87. The predicted molar refractivity (Wildman–Crippen MR) is 106 cm³/mol. The summed E-state index contributed by atoms with van der Waals surface area (Å²) < 4.78 is 32.4. The third-order valence-corrected chi connectivity index (χ3v) is 5.92. The zero-order valence-electron chi connectivity index (χ0n) is 14.5. The van der Waals surface area contributed by atoms with Crippen molar-refractivity contribution in [1.29, 1.82) is 0 Å². The SMILES string of the molecule is CC(C)NS(=O)(=O)c1ccc(Br)c(C(=O)OCC(=O)c2cccc(Cl)c2)c1. The highest BCUT2D eigenvalue weighted by atomic mass is 79.9. The molecule has 0 aliphatic carbocycles. The van der Waals surface area contributed by atoms with E-state index in [2.05, 4.69) is 20.7 Å². The van der Waals surface area contributed by atoms with Crippen molar-refractivity contribution in [3.63, 3.8) is 0 Å². The van der Waals surface area contributed by atoms with Crippen LogP contribution in [0, 0.1) is 0 Å². The second-order valence-electron chi connectivity index (χ2n) is 5.93. The van der Waals surface area contributed by atoms with Crippen LogP contribution in [0.3, 0.4) is 0 Å². The van der Waals surface area contributed by atoms with Crippen molar-refractivity contribution in [3.8, 4) is 0 Å². The number of hydrogen-bond acceptors (Lipinski definition) is 5. The first-order valence-electron chi connectivity index (χ1n) is 7.88. The number of nitrogens with one attached hydrogen (secondary N) is 1. The molecule has 6 nitrogen and oxygen atoms in total. The second kappa shape index (κ2) is 8.97. The van der Waals surface area contributed by atoms with Gasteiger partial charge in [0.15, 0.2) is 12.4 Å². The Morgan fingerprint density at radius 3 is 2.52 bits per heavy atom. The Morgan fingerprint density at radius 1 is 1.19 bits per heavy atom. The van der Waals surface area contributed by atoms with Crippen LogP contribution >= 0.6 is 27.5 Å². The Hall–Kier alpha value is -1.74. The molecule has 0 saturated heterocycles. The molecule has 0 unspecified atom stereocenters. The largest absolute Gasteiger partial charge is 0.454 e. The average molecular weight is 475 g/mol. The Morgan fingerprint density at radius 2 is 1.89 bits per heavy atom. The molecule has 0 fully saturated rings. The number of halogens is 2. The number of benzene rings is 2. The van der Waals surface area contributed by atoms with E-state index in [-0.39, 0.29) is 16.5 Å². The molecule has 0 saturated carbocycles. The van der Waals surface area contributed by atoms with Gasteiger partial charge in [-0.25, -0.2) is 17.9 Å². The van der Waals surface area contributed by atoms with Gasteiger partial charge in [0.05, 0.1) is 10.5 Å². The molecule has 1 N–H and O–H groups in total. The van der Waals surface area contributed by atoms with Crippen molar-refractivity contribution in [2.45, 2.75) is 24.8 Å². The summed E-state index contributed by atoms with van der Waals surface area (Å²) in [5.41, 5.74) is 0.312. The van der Waals surface area contributed by atoms with E-state index in [1.807, 2.05) is 0 Å². The van der Waals surface area contributed by atoms with Crippen molar-refractivity contribution in [2.75, 3.05) is 6.61 Å². The standard InChI is InChI=1S/C18H17BrClNO5S/c1-11(2)21-27(24,25)14-6-7-16(19)15(9-14)18(23)26-10-17(22)12-4-3-5-13(20)8-12/h3-9,11,21H,10H2,1-2H3. The van der Waals surface area contributed by atoms with Gasteiger partial charge >= 0.3 is 5.97 Å². The van der Waals surface area contributed by atoms with E-state index in [4.69, 9.17) is 16.3 Å². The molecular formula is C18H17BrClNO5S. The molecule has 0 aromatic heterocycles. The predicted octanol–water partition coefficient (Wildman–Crippen LogP) is 3.83. The highest BCUT2D eigenvalue weighted by Gasteiger charge is 2.21. The van der Waals surface area contributed by atoms with Crippen molar-refractivity contribution >= 4 is 49.3 Å². The number of esters is 1. The molecule has 0 heterocycles. The van der Waals surface area contributed by atoms with E-state index >= 15 is 0 Å². The van der Waals surface area contributed by atoms with Gasteiger partial charge in [0, 0.05) is 21.1 Å². The Labute approximate surface area is 171 Å². The van der Waals surface area contributed by atoms with E-state index in [0.717, 1.165) is 0 Å². The van der Waals surface area contributed by atoms with E-state index in [0.29, 0.717) is 15.1 Å². The van der Waals surface area contributed by atoms with Crippen LogP contribution in [0.2, 0.25) is 5.02 Å². The lowest BCUT2D eigenvalue weighted by molar-refractivity contribution is 0.0473. The summed E-state index contributed by atoms with van der Waals surface area (Å²) in [6, 6.07) is 9.96. The molecule has 9 heteroatoms. The topological polar surface area (TPSA) is 89.5 Å². The van der Waals surface area contributed by atoms with Crippen LogP contribution < -0.4 is 4.72 Å². The lowest BCUT2D eigenvalue weighted by atomic mass is 10.1. The Kier molecular flexibility index (Phi) is 7.16. The molecule has 144 valence electrons. The van der Waals surface area contributed by atoms with E-state index in [1.54, 1.807) is 32.0 Å². The fourth-order valence-corrected chi connectivity index (χ4v) is 4.04. The minimum absolute atomic E-state index is 0.000486. The fourth-order valence-electron chi connectivity index (χ4n) is 2.16. The smallest absolute Gasteiger partial charge is 0.339 e. The van der Waals surface area contributed by atoms with E-state index < -0.39 is 28.4 Å². The molecule has 0 radical (unpaired) electrons. The van der Waals surface area contributed by atoms with Crippen molar-refractivity contribution in [3.05, 3.63) is 63.1 Å². The maximum absolute atomic E-state index is 12.3. The highest BCUT2D eigenvalue weighted by molar-refractivity contribution is 9.10. The van der Waals surface area contributed by atoms with Crippen molar-refractivity contribution < 1.29 is 22.7 Å². The number of ketones is 1. The summed E-state index contributed by atoms with van der Waals surface area (Å²) in [7, 11) is -3.77. The van der Waals surface area contributed by atoms with Crippen LogP contribution in [0.15, 0.2) is 51.8 Å². The molecule has 0 amide bonds. The summed E-state index contributed by atoms with van der Waals surface area (Å²) in [4.78, 5) is 24.4. The number of hydrogen-bond donors (Lipinski definition) is 1. The Bertz CT molecular complexity index is 975. The summed E-state index contributed by atoms with van der Waals surface area (Å²) >= 11 is 9.03. The van der Waals surface area contributed by atoms with Gasteiger partial charge in [-0.05, 0) is 60.1 Å². The molecule has 0 spiro atoms. The highest BCUT2D eigenvalue weighted by Crippen LogP contribution is 2.22. The van der Waals surface area contributed by atoms with Crippen LogP contribution in [0.4, 0.5) is 0 Å². The van der Waals surface area contributed by atoms with Gasteiger partial charge in [-0.3, -0.25) is 4.79 Å². The number of Topliss-reactive ketones (excluding diaryl/α,β-unsaturated/α-hetero) is 1. The first-order valence-corrected chi connectivity index (χ1v) is 10.5. The zero-order chi connectivity index (χ0) is 20.2. The molecule has 0 bridgehead atoms. The van der Waals surface area contributed by atoms with Crippen LogP contribution in [0.5, 0.6) is 0 Å². The van der Waals surface area contributed by atoms with Gasteiger partial charge in [-0.2, -0.15) is 0 Å². The number of carbonyl (C=O) groups is 2. The molecule has 2 aromatic carbocycles. The number of ether oxygens (including phenoxy) is 1. The van der Waals surface area contributed by atoms with Gasteiger partial charge in [-0.1, -0.05) is 23.7 Å². The maximum Gasteiger partial charge on any atom is 0.339 e. The van der Waals surface area contributed by atoms with Gasteiger partial charge < -0.3 is 4.74 Å². The molecule has 0 aliphatic rings. The normalized spacial score (nSPS) is 11.4. The molecular weight excluding hydrogens is 458 g/mol. The molecule has 2 aromatic rings. The quantitative estimate of drug-likeness (QED) is 0.486. The van der Waals surface area contributed by atoms with Crippen LogP contribution in [0.1, 0.15) is 34.6 Å². The Balaban J connectivity index is 2.16. The number of rotatable bonds is 7.